The monoisotopic (exact) mass is 270 g/mol. The van der Waals surface area contributed by atoms with Crippen molar-refractivity contribution >= 4 is 17.6 Å². The molecule has 1 rings (SSSR count). The van der Waals surface area contributed by atoms with Crippen molar-refractivity contribution in [2.45, 2.75) is 27.7 Å². The molecule has 0 atom stereocenters. The first-order valence-electron chi connectivity index (χ1n) is 6.05. The van der Waals surface area contributed by atoms with Crippen LogP contribution in [0, 0.1) is 12.8 Å². The lowest BCUT2D eigenvalue weighted by atomic mass is 10.1. The molecule has 18 heavy (non-hydrogen) atoms. The summed E-state index contributed by atoms with van der Waals surface area (Å²) in [7, 11) is 0. The fourth-order valence-corrected chi connectivity index (χ4v) is 1.56. The van der Waals surface area contributed by atoms with Crippen LogP contribution in [-0.4, -0.2) is 19.2 Å². The molecule has 1 aromatic carbocycles. The summed E-state index contributed by atoms with van der Waals surface area (Å²) in [6.45, 7) is 8.61. The highest BCUT2D eigenvalue weighted by Gasteiger charge is 2.16. The Morgan fingerprint density at radius 2 is 2.06 bits per heavy atom. The van der Waals surface area contributed by atoms with Gasteiger partial charge in [-0.3, -0.25) is 0 Å². The Kier molecular flexibility index (Phi) is 5.48. The Balaban J connectivity index is 3.04. The average molecular weight is 271 g/mol. The first-order valence-corrected chi connectivity index (χ1v) is 6.43. The summed E-state index contributed by atoms with van der Waals surface area (Å²) in [5.74, 6) is 0.512. The molecule has 1 aromatic rings. The second-order valence-electron chi connectivity index (χ2n) is 4.52. The fraction of sp³-hybridized carbons (Fsp3) is 0.500. The van der Waals surface area contributed by atoms with Crippen LogP contribution in [0.15, 0.2) is 12.1 Å². The van der Waals surface area contributed by atoms with Crippen LogP contribution in [0.1, 0.15) is 36.7 Å². The largest absolute Gasteiger partial charge is 0.492 e. The molecule has 3 nitrogen and oxygen atoms in total. The van der Waals surface area contributed by atoms with E-state index in [0.29, 0.717) is 35.5 Å². The average Bonchev–Trinajstić information content (AvgIpc) is 2.30. The predicted molar refractivity (Wildman–Crippen MR) is 72.5 cm³/mol. The molecule has 0 unspecified atom stereocenters. The van der Waals surface area contributed by atoms with Gasteiger partial charge in [-0.05, 0) is 37.5 Å². The van der Waals surface area contributed by atoms with Crippen LogP contribution >= 0.6 is 11.6 Å². The SMILES string of the molecule is CCOC(=O)c1cc(Cl)c(C)cc1OCC(C)C. The van der Waals surface area contributed by atoms with Gasteiger partial charge in [-0.25, -0.2) is 4.79 Å². The van der Waals surface area contributed by atoms with Gasteiger partial charge in [0, 0.05) is 5.02 Å². The van der Waals surface area contributed by atoms with Gasteiger partial charge < -0.3 is 9.47 Å². The lowest BCUT2D eigenvalue weighted by molar-refractivity contribution is 0.0521. The zero-order valence-electron chi connectivity index (χ0n) is 11.2. The van der Waals surface area contributed by atoms with Crippen LogP contribution in [-0.2, 0) is 4.74 Å². The second-order valence-corrected chi connectivity index (χ2v) is 4.93. The third-order valence-corrected chi connectivity index (χ3v) is 2.74. The van der Waals surface area contributed by atoms with Crippen LogP contribution in [0.5, 0.6) is 5.75 Å². The standard InChI is InChI=1S/C14H19ClO3/c1-5-17-14(16)11-7-12(15)10(4)6-13(11)18-8-9(2)3/h6-7,9H,5,8H2,1-4H3. The van der Waals surface area contributed by atoms with E-state index in [1.54, 1.807) is 19.1 Å². The van der Waals surface area contributed by atoms with Crippen molar-refractivity contribution in [1.29, 1.82) is 0 Å². The van der Waals surface area contributed by atoms with Gasteiger partial charge in [0.1, 0.15) is 11.3 Å². The van der Waals surface area contributed by atoms with Crippen LogP contribution in [0.2, 0.25) is 5.02 Å². The Morgan fingerprint density at radius 3 is 2.61 bits per heavy atom. The lowest BCUT2D eigenvalue weighted by Crippen LogP contribution is -2.11. The van der Waals surface area contributed by atoms with Gasteiger partial charge >= 0.3 is 5.97 Å². The number of hydrogen-bond donors (Lipinski definition) is 0. The molecule has 0 aliphatic carbocycles. The summed E-state index contributed by atoms with van der Waals surface area (Å²) >= 11 is 6.03. The Hall–Kier alpha value is -1.22. The number of ether oxygens (including phenoxy) is 2. The summed E-state index contributed by atoms with van der Waals surface area (Å²) in [5, 5.41) is 0.537. The first kappa shape index (κ1) is 14.8. The zero-order valence-corrected chi connectivity index (χ0v) is 12.0. The fourth-order valence-electron chi connectivity index (χ4n) is 1.40. The van der Waals surface area contributed by atoms with E-state index in [0.717, 1.165) is 5.56 Å². The smallest absolute Gasteiger partial charge is 0.341 e. The minimum Gasteiger partial charge on any atom is -0.492 e. The Bertz CT molecular complexity index is 427. The maximum absolute atomic E-state index is 11.8. The summed E-state index contributed by atoms with van der Waals surface area (Å²) in [4.78, 5) is 11.8. The molecule has 0 heterocycles. The highest BCUT2D eigenvalue weighted by Crippen LogP contribution is 2.27. The van der Waals surface area contributed by atoms with Crippen LogP contribution < -0.4 is 4.74 Å². The predicted octanol–water partition coefficient (Wildman–Crippen LogP) is 3.86. The zero-order chi connectivity index (χ0) is 13.7. The molecular weight excluding hydrogens is 252 g/mol. The second kappa shape index (κ2) is 6.64. The van der Waals surface area contributed by atoms with Gasteiger partial charge in [-0.15, -0.1) is 0 Å². The summed E-state index contributed by atoms with van der Waals surface area (Å²) in [6.07, 6.45) is 0. The molecule has 0 radical (unpaired) electrons. The van der Waals surface area contributed by atoms with Crippen molar-refractivity contribution < 1.29 is 14.3 Å². The summed E-state index contributed by atoms with van der Waals surface area (Å²) in [6, 6.07) is 3.38. The van der Waals surface area contributed by atoms with Crippen LogP contribution in [0.4, 0.5) is 0 Å². The number of carbonyl (C=O) groups is 1. The molecule has 4 heteroatoms. The molecule has 0 amide bonds. The molecule has 0 spiro atoms. The van der Waals surface area contributed by atoms with Gasteiger partial charge in [-0.2, -0.15) is 0 Å². The van der Waals surface area contributed by atoms with Gasteiger partial charge in [0.05, 0.1) is 13.2 Å². The van der Waals surface area contributed by atoms with Crippen molar-refractivity contribution in [2.75, 3.05) is 13.2 Å². The van der Waals surface area contributed by atoms with E-state index in [4.69, 9.17) is 21.1 Å². The van der Waals surface area contributed by atoms with E-state index >= 15 is 0 Å². The van der Waals surface area contributed by atoms with Gasteiger partial charge in [0.25, 0.3) is 0 Å². The van der Waals surface area contributed by atoms with E-state index in [9.17, 15) is 4.79 Å². The molecule has 100 valence electrons. The molecule has 0 saturated heterocycles. The summed E-state index contributed by atoms with van der Waals surface area (Å²) < 4.78 is 10.6. The van der Waals surface area contributed by atoms with Crippen LogP contribution in [0.3, 0.4) is 0 Å². The topological polar surface area (TPSA) is 35.5 Å². The molecule has 0 aromatic heterocycles. The number of hydrogen-bond acceptors (Lipinski definition) is 3. The number of esters is 1. The third kappa shape index (κ3) is 3.91. The molecule has 0 saturated carbocycles. The van der Waals surface area contributed by atoms with E-state index in [1.807, 2.05) is 20.8 Å². The Labute approximate surface area is 113 Å². The quantitative estimate of drug-likeness (QED) is 0.762. The molecule has 0 N–H and O–H groups in total. The molecule has 0 aliphatic heterocycles. The van der Waals surface area contributed by atoms with Crippen molar-refractivity contribution in [3.8, 4) is 5.75 Å². The highest BCUT2D eigenvalue weighted by molar-refractivity contribution is 6.31. The Morgan fingerprint density at radius 1 is 1.39 bits per heavy atom. The van der Waals surface area contributed by atoms with Gasteiger partial charge in [0.2, 0.25) is 0 Å². The number of aryl methyl sites for hydroxylation is 1. The maximum atomic E-state index is 11.8. The number of benzene rings is 1. The normalized spacial score (nSPS) is 10.6. The summed E-state index contributed by atoms with van der Waals surface area (Å²) in [5.41, 5.74) is 1.26. The van der Waals surface area contributed by atoms with Crippen LogP contribution in [0.25, 0.3) is 0 Å². The lowest BCUT2D eigenvalue weighted by Gasteiger charge is -2.14. The minimum absolute atomic E-state index is 0.327. The molecular formula is C14H19ClO3. The third-order valence-electron chi connectivity index (χ3n) is 2.33. The van der Waals surface area contributed by atoms with Crippen molar-refractivity contribution in [3.05, 3.63) is 28.3 Å². The maximum Gasteiger partial charge on any atom is 0.341 e. The number of carbonyl (C=O) groups excluding carboxylic acids is 1. The van der Waals surface area contributed by atoms with E-state index in [1.165, 1.54) is 0 Å². The number of halogens is 1. The van der Waals surface area contributed by atoms with Crippen molar-refractivity contribution in [1.82, 2.24) is 0 Å². The molecule has 0 fully saturated rings. The minimum atomic E-state index is -0.404. The van der Waals surface area contributed by atoms with E-state index in [-0.39, 0.29) is 0 Å². The van der Waals surface area contributed by atoms with E-state index < -0.39 is 5.97 Å². The number of rotatable bonds is 5. The first-order chi connectivity index (χ1) is 8.45. The van der Waals surface area contributed by atoms with Crippen molar-refractivity contribution in [2.24, 2.45) is 5.92 Å². The van der Waals surface area contributed by atoms with Gasteiger partial charge in [-0.1, -0.05) is 25.4 Å². The van der Waals surface area contributed by atoms with Crippen molar-refractivity contribution in [3.63, 3.8) is 0 Å². The highest BCUT2D eigenvalue weighted by atomic mass is 35.5. The van der Waals surface area contributed by atoms with E-state index in [2.05, 4.69) is 0 Å². The molecule has 0 aliphatic rings. The van der Waals surface area contributed by atoms with Gasteiger partial charge in [0.15, 0.2) is 0 Å². The molecule has 0 bridgehead atoms.